The molecule has 1 aliphatic rings. The molecule has 1 saturated carbocycles. The summed E-state index contributed by atoms with van der Waals surface area (Å²) in [4.78, 5) is 17.6. The van der Waals surface area contributed by atoms with Crippen molar-refractivity contribution in [2.24, 2.45) is 5.73 Å². The van der Waals surface area contributed by atoms with Gasteiger partial charge >= 0.3 is 0 Å². The van der Waals surface area contributed by atoms with Crippen LogP contribution in [0.3, 0.4) is 0 Å². The number of pyridine rings is 1. The van der Waals surface area contributed by atoms with Gasteiger partial charge in [0.2, 0.25) is 0 Å². The van der Waals surface area contributed by atoms with Gasteiger partial charge in [-0.1, -0.05) is 0 Å². The molecule has 0 atom stereocenters. The fourth-order valence-corrected chi connectivity index (χ4v) is 2.94. The summed E-state index contributed by atoms with van der Waals surface area (Å²) in [5, 5.41) is 8.51. The molecule has 0 spiro atoms. The molecule has 1 fully saturated rings. The first kappa shape index (κ1) is 16.9. The molecule has 3 N–H and O–H groups in total. The Morgan fingerprint density at radius 3 is 2.71 bits per heavy atom. The molecule has 0 radical (unpaired) electrons. The van der Waals surface area contributed by atoms with Gasteiger partial charge in [0.15, 0.2) is 5.65 Å². The van der Waals surface area contributed by atoms with Crippen molar-refractivity contribution in [2.75, 3.05) is 13.1 Å². The van der Waals surface area contributed by atoms with Gasteiger partial charge in [0.05, 0.1) is 22.2 Å². The van der Waals surface area contributed by atoms with Crippen LogP contribution in [0.5, 0.6) is 0 Å². The fourth-order valence-electron chi connectivity index (χ4n) is 2.94. The van der Waals surface area contributed by atoms with Crippen molar-refractivity contribution >= 4 is 16.9 Å². The van der Waals surface area contributed by atoms with E-state index in [0.717, 1.165) is 41.7 Å². The van der Waals surface area contributed by atoms with Crippen LogP contribution in [0, 0.1) is 6.92 Å². The summed E-state index contributed by atoms with van der Waals surface area (Å²) in [5.41, 5.74) is 8.69. The standard InChI is InChI=1S/C18H27N5O/c1-11-15-13(17(24)20-9-5-8-19)10-14(12-6-7-12)21-16(15)23(22-11)18(2,3)4/h10,12H,5-9,19H2,1-4H3,(H,20,24). The monoisotopic (exact) mass is 329 g/mol. The molecule has 0 aromatic carbocycles. The van der Waals surface area contributed by atoms with Gasteiger partial charge < -0.3 is 11.1 Å². The van der Waals surface area contributed by atoms with Gasteiger partial charge in [-0.2, -0.15) is 5.10 Å². The van der Waals surface area contributed by atoms with Gasteiger partial charge in [0, 0.05) is 18.2 Å². The summed E-state index contributed by atoms with van der Waals surface area (Å²) in [5.74, 6) is 0.419. The van der Waals surface area contributed by atoms with Gasteiger partial charge in [0.1, 0.15) is 0 Å². The predicted octanol–water partition coefficient (Wildman–Crippen LogP) is 2.45. The molecule has 0 saturated heterocycles. The molecule has 2 aromatic rings. The Kier molecular flexibility index (Phi) is 4.34. The van der Waals surface area contributed by atoms with Crippen molar-refractivity contribution in [1.29, 1.82) is 0 Å². The molecule has 0 aliphatic heterocycles. The quantitative estimate of drug-likeness (QED) is 0.825. The molecule has 1 aliphatic carbocycles. The second-order valence-electron chi connectivity index (χ2n) is 7.63. The van der Waals surface area contributed by atoms with Gasteiger partial charge in [0.25, 0.3) is 5.91 Å². The molecule has 6 heteroatoms. The van der Waals surface area contributed by atoms with E-state index in [1.165, 1.54) is 0 Å². The van der Waals surface area contributed by atoms with Crippen LogP contribution < -0.4 is 11.1 Å². The van der Waals surface area contributed by atoms with E-state index in [2.05, 4.69) is 31.2 Å². The third-order valence-electron chi connectivity index (χ3n) is 4.37. The lowest BCUT2D eigenvalue weighted by Gasteiger charge is -2.20. The smallest absolute Gasteiger partial charge is 0.252 e. The number of carbonyl (C=O) groups is 1. The average Bonchev–Trinajstić information content (AvgIpc) is 3.30. The zero-order chi connectivity index (χ0) is 17.5. The van der Waals surface area contributed by atoms with Crippen molar-refractivity contribution in [2.45, 2.75) is 58.4 Å². The Hall–Kier alpha value is -1.95. The van der Waals surface area contributed by atoms with Crippen LogP contribution in [0.4, 0.5) is 0 Å². The van der Waals surface area contributed by atoms with E-state index in [-0.39, 0.29) is 11.4 Å². The summed E-state index contributed by atoms with van der Waals surface area (Å²) in [6, 6.07) is 1.96. The maximum atomic E-state index is 12.7. The number of nitrogens with one attached hydrogen (secondary N) is 1. The fraction of sp³-hybridized carbons (Fsp3) is 0.611. The van der Waals surface area contributed by atoms with Crippen molar-refractivity contribution in [3.8, 4) is 0 Å². The van der Waals surface area contributed by atoms with Crippen LogP contribution >= 0.6 is 0 Å². The normalized spacial score (nSPS) is 15.0. The van der Waals surface area contributed by atoms with E-state index in [0.29, 0.717) is 24.6 Å². The Morgan fingerprint density at radius 1 is 1.42 bits per heavy atom. The van der Waals surface area contributed by atoms with Crippen LogP contribution in [0.1, 0.15) is 67.7 Å². The predicted molar refractivity (Wildman–Crippen MR) is 95.2 cm³/mol. The number of aromatic nitrogens is 3. The first-order chi connectivity index (χ1) is 11.3. The summed E-state index contributed by atoms with van der Waals surface area (Å²) < 4.78 is 1.94. The van der Waals surface area contributed by atoms with Crippen LogP contribution in [0.25, 0.3) is 11.0 Å². The minimum absolute atomic E-state index is 0.0608. The highest BCUT2D eigenvalue weighted by atomic mass is 16.1. The third kappa shape index (κ3) is 3.15. The average molecular weight is 329 g/mol. The van der Waals surface area contributed by atoms with Crippen LogP contribution in [0.2, 0.25) is 0 Å². The highest BCUT2D eigenvalue weighted by Crippen LogP contribution is 2.40. The molecule has 2 aromatic heterocycles. The largest absolute Gasteiger partial charge is 0.352 e. The van der Waals surface area contributed by atoms with Crippen molar-refractivity contribution < 1.29 is 4.79 Å². The maximum absolute atomic E-state index is 12.7. The zero-order valence-corrected chi connectivity index (χ0v) is 15.0. The molecule has 3 rings (SSSR count). The minimum atomic E-state index is -0.186. The number of amides is 1. The van der Waals surface area contributed by atoms with Crippen molar-refractivity contribution in [1.82, 2.24) is 20.1 Å². The first-order valence-electron chi connectivity index (χ1n) is 8.72. The van der Waals surface area contributed by atoms with Gasteiger partial charge in [-0.15, -0.1) is 0 Å². The number of nitrogens with zero attached hydrogens (tertiary/aromatic N) is 3. The lowest BCUT2D eigenvalue weighted by atomic mass is 10.1. The Labute approximate surface area is 142 Å². The Morgan fingerprint density at radius 2 is 2.12 bits per heavy atom. The summed E-state index contributed by atoms with van der Waals surface area (Å²) >= 11 is 0. The molecule has 130 valence electrons. The van der Waals surface area contributed by atoms with E-state index in [4.69, 9.17) is 10.7 Å². The summed E-state index contributed by atoms with van der Waals surface area (Å²) in [6.07, 6.45) is 3.07. The van der Waals surface area contributed by atoms with Crippen LogP contribution in [-0.4, -0.2) is 33.8 Å². The third-order valence-corrected chi connectivity index (χ3v) is 4.37. The molecule has 1 amide bonds. The molecule has 24 heavy (non-hydrogen) atoms. The number of rotatable bonds is 5. The van der Waals surface area contributed by atoms with Crippen LogP contribution in [-0.2, 0) is 5.54 Å². The Bertz CT molecular complexity index is 768. The number of aryl methyl sites for hydroxylation is 1. The maximum Gasteiger partial charge on any atom is 0.252 e. The number of nitrogens with two attached hydrogens (primary N) is 1. The van der Waals surface area contributed by atoms with Gasteiger partial charge in [-0.3, -0.25) is 4.79 Å². The second-order valence-corrected chi connectivity index (χ2v) is 7.63. The molecule has 0 unspecified atom stereocenters. The number of hydrogen-bond donors (Lipinski definition) is 2. The van der Waals surface area contributed by atoms with Crippen LogP contribution in [0.15, 0.2) is 6.07 Å². The number of hydrogen-bond acceptors (Lipinski definition) is 4. The topological polar surface area (TPSA) is 85.8 Å². The minimum Gasteiger partial charge on any atom is -0.352 e. The lowest BCUT2D eigenvalue weighted by Crippen LogP contribution is -2.27. The molecule has 0 bridgehead atoms. The molecular formula is C18H27N5O. The second kappa shape index (κ2) is 6.16. The first-order valence-corrected chi connectivity index (χ1v) is 8.72. The van der Waals surface area contributed by atoms with E-state index < -0.39 is 0 Å². The van der Waals surface area contributed by atoms with Gasteiger partial charge in [-0.25, -0.2) is 9.67 Å². The molecular weight excluding hydrogens is 302 g/mol. The summed E-state index contributed by atoms with van der Waals surface area (Å²) in [6.45, 7) is 9.41. The lowest BCUT2D eigenvalue weighted by molar-refractivity contribution is 0.0955. The van der Waals surface area contributed by atoms with E-state index in [9.17, 15) is 4.79 Å². The molecule has 2 heterocycles. The highest BCUT2D eigenvalue weighted by Gasteiger charge is 2.30. The van der Waals surface area contributed by atoms with Crippen molar-refractivity contribution in [3.05, 3.63) is 23.0 Å². The van der Waals surface area contributed by atoms with E-state index in [1.807, 2.05) is 17.7 Å². The summed E-state index contributed by atoms with van der Waals surface area (Å²) in [7, 11) is 0. The SMILES string of the molecule is Cc1nn(C(C)(C)C)c2nc(C3CC3)cc(C(=O)NCCCN)c12. The number of fused-ring (bicyclic) bond motifs is 1. The van der Waals surface area contributed by atoms with Crippen molar-refractivity contribution in [3.63, 3.8) is 0 Å². The van der Waals surface area contributed by atoms with Gasteiger partial charge in [-0.05, 0) is 59.6 Å². The Balaban J connectivity index is 2.12. The number of carbonyl (C=O) groups excluding carboxylic acids is 1. The zero-order valence-electron chi connectivity index (χ0n) is 15.0. The highest BCUT2D eigenvalue weighted by molar-refractivity contribution is 6.06. The molecule has 6 nitrogen and oxygen atoms in total. The van der Waals surface area contributed by atoms with E-state index >= 15 is 0 Å². The van der Waals surface area contributed by atoms with E-state index in [1.54, 1.807) is 0 Å².